The summed E-state index contributed by atoms with van der Waals surface area (Å²) in [5.41, 5.74) is 2.87. The molecule has 3 rings (SSSR count). The lowest BCUT2D eigenvalue weighted by atomic mass is 10.0. The van der Waals surface area contributed by atoms with E-state index in [1.165, 1.54) is 23.7 Å². The number of aryl methyl sites for hydroxylation is 1. The molecule has 1 aromatic heterocycles. The third-order valence-corrected chi connectivity index (χ3v) is 9.00. The number of aromatic nitrogens is 1. The predicted molar refractivity (Wildman–Crippen MR) is 119 cm³/mol. The summed E-state index contributed by atoms with van der Waals surface area (Å²) in [4.78, 5) is 16.5. The number of carbonyl (C=O) groups excluding carboxylic acids is 1. The lowest BCUT2D eigenvalue weighted by Gasteiger charge is -2.24. The summed E-state index contributed by atoms with van der Waals surface area (Å²) in [5.74, 6) is 11.1. The van der Waals surface area contributed by atoms with E-state index in [0.29, 0.717) is 5.01 Å². The summed E-state index contributed by atoms with van der Waals surface area (Å²) in [5, 5.41) is 18.8. The molecule has 164 valence electrons. The molecule has 3 atom stereocenters. The third kappa shape index (κ3) is 4.91. The molecule has 31 heavy (non-hydrogen) atoms. The Kier molecular flexibility index (Phi) is 6.45. The molecule has 1 amide bonds. The van der Waals surface area contributed by atoms with Crippen molar-refractivity contribution in [2.24, 2.45) is 11.3 Å². The number of amides is 1. The van der Waals surface area contributed by atoms with Crippen molar-refractivity contribution in [2.45, 2.75) is 37.9 Å². The lowest BCUT2D eigenvalue weighted by Crippen LogP contribution is -2.49. The fourth-order valence-corrected chi connectivity index (χ4v) is 5.10. The number of hydrogen-bond acceptors (Lipinski definition) is 7. The van der Waals surface area contributed by atoms with Gasteiger partial charge in [0.05, 0.1) is 15.2 Å². The SMILES string of the molecule is C[C@@]1(C#CC#Cc2ccc3nc(CC[C@](C)(C(=O)NO)S(C)(=O)=O)sc3c2)C[C@H]1CO. The molecule has 1 aliphatic rings. The minimum absolute atomic E-state index is 0.00605. The average molecular weight is 461 g/mol. The predicted octanol–water partition coefficient (Wildman–Crippen LogP) is 1.91. The Morgan fingerprint density at radius 1 is 1.42 bits per heavy atom. The molecule has 1 fully saturated rings. The molecule has 7 nitrogen and oxygen atoms in total. The van der Waals surface area contributed by atoms with Crippen LogP contribution in [0.25, 0.3) is 10.2 Å². The summed E-state index contributed by atoms with van der Waals surface area (Å²) in [6.07, 6.45) is 2.13. The Labute approximate surface area is 185 Å². The first-order valence-corrected chi connectivity index (χ1v) is 12.4. The van der Waals surface area contributed by atoms with Gasteiger partial charge in [0.15, 0.2) is 9.84 Å². The maximum atomic E-state index is 12.1. The van der Waals surface area contributed by atoms with Crippen LogP contribution in [0.3, 0.4) is 0 Å². The number of aliphatic hydroxyl groups excluding tert-OH is 1. The number of carbonyl (C=O) groups is 1. The maximum absolute atomic E-state index is 12.1. The summed E-state index contributed by atoms with van der Waals surface area (Å²) in [7, 11) is -3.75. The number of sulfone groups is 1. The summed E-state index contributed by atoms with van der Waals surface area (Å²) >= 11 is 1.41. The van der Waals surface area contributed by atoms with Crippen molar-refractivity contribution in [3.63, 3.8) is 0 Å². The molecule has 0 spiro atoms. The van der Waals surface area contributed by atoms with Crippen LogP contribution in [0, 0.1) is 35.0 Å². The molecule has 1 aliphatic carbocycles. The van der Waals surface area contributed by atoms with Crippen molar-refractivity contribution in [3.8, 4) is 23.7 Å². The van der Waals surface area contributed by atoms with Gasteiger partial charge in [0, 0.05) is 30.3 Å². The quantitative estimate of drug-likeness (QED) is 0.344. The van der Waals surface area contributed by atoms with Crippen LogP contribution in [0.1, 0.15) is 37.3 Å². The van der Waals surface area contributed by atoms with Gasteiger partial charge in [-0.3, -0.25) is 10.0 Å². The average Bonchev–Trinajstić information content (AvgIpc) is 3.20. The van der Waals surface area contributed by atoms with E-state index >= 15 is 0 Å². The zero-order valence-corrected chi connectivity index (χ0v) is 19.2. The maximum Gasteiger partial charge on any atom is 0.264 e. The normalized spacial score (nSPS) is 21.9. The Morgan fingerprint density at radius 3 is 2.77 bits per heavy atom. The third-order valence-electron chi connectivity index (χ3n) is 5.90. The lowest BCUT2D eigenvalue weighted by molar-refractivity contribution is -0.131. The minimum Gasteiger partial charge on any atom is -0.396 e. The van der Waals surface area contributed by atoms with Crippen molar-refractivity contribution in [1.82, 2.24) is 10.5 Å². The highest BCUT2D eigenvalue weighted by Crippen LogP contribution is 2.51. The molecule has 9 heteroatoms. The highest BCUT2D eigenvalue weighted by Gasteiger charge is 2.48. The second-order valence-corrected chi connectivity index (χ2v) is 11.8. The Hall–Kier alpha value is -2.43. The highest BCUT2D eigenvalue weighted by molar-refractivity contribution is 7.92. The van der Waals surface area contributed by atoms with E-state index in [-0.39, 0.29) is 30.8 Å². The van der Waals surface area contributed by atoms with E-state index in [1.807, 2.05) is 25.1 Å². The van der Waals surface area contributed by atoms with E-state index in [4.69, 9.17) is 5.21 Å². The van der Waals surface area contributed by atoms with Gasteiger partial charge in [-0.05, 0) is 62.6 Å². The largest absolute Gasteiger partial charge is 0.396 e. The fraction of sp³-hybridized carbons (Fsp3) is 0.455. The topological polar surface area (TPSA) is 117 Å². The van der Waals surface area contributed by atoms with Crippen molar-refractivity contribution in [2.75, 3.05) is 12.9 Å². The van der Waals surface area contributed by atoms with Crippen LogP contribution < -0.4 is 5.48 Å². The number of nitrogens with one attached hydrogen (secondary N) is 1. The van der Waals surface area contributed by atoms with Gasteiger partial charge in [-0.1, -0.05) is 11.8 Å². The number of fused-ring (bicyclic) bond motifs is 1. The van der Waals surface area contributed by atoms with Crippen LogP contribution in [0.15, 0.2) is 18.2 Å². The molecule has 1 aromatic carbocycles. The smallest absolute Gasteiger partial charge is 0.264 e. The molecule has 1 saturated carbocycles. The first-order valence-electron chi connectivity index (χ1n) is 9.70. The van der Waals surface area contributed by atoms with Gasteiger partial charge in [0.25, 0.3) is 5.91 Å². The Balaban J connectivity index is 1.74. The van der Waals surface area contributed by atoms with Gasteiger partial charge in [0.2, 0.25) is 0 Å². The number of benzene rings is 1. The van der Waals surface area contributed by atoms with Crippen molar-refractivity contribution in [3.05, 3.63) is 28.8 Å². The van der Waals surface area contributed by atoms with Crippen LogP contribution >= 0.6 is 11.3 Å². The Bertz CT molecular complexity index is 1250. The molecular weight excluding hydrogens is 436 g/mol. The monoisotopic (exact) mass is 460 g/mol. The van der Waals surface area contributed by atoms with Gasteiger partial charge >= 0.3 is 0 Å². The molecule has 0 radical (unpaired) electrons. The van der Waals surface area contributed by atoms with Crippen LogP contribution in [0.4, 0.5) is 0 Å². The minimum atomic E-state index is -3.75. The van der Waals surface area contributed by atoms with Crippen LogP contribution in [0.2, 0.25) is 0 Å². The molecule has 0 bridgehead atoms. The van der Waals surface area contributed by atoms with Gasteiger partial charge < -0.3 is 5.11 Å². The molecule has 1 heterocycles. The zero-order valence-electron chi connectivity index (χ0n) is 17.5. The van der Waals surface area contributed by atoms with Crippen LogP contribution in [-0.4, -0.2) is 47.2 Å². The van der Waals surface area contributed by atoms with Gasteiger partial charge in [-0.15, -0.1) is 11.3 Å². The van der Waals surface area contributed by atoms with E-state index < -0.39 is 20.5 Å². The number of hydroxylamine groups is 1. The second-order valence-electron chi connectivity index (χ2n) is 8.24. The zero-order chi connectivity index (χ0) is 22.9. The highest BCUT2D eigenvalue weighted by atomic mass is 32.2. The first kappa shape index (κ1) is 23.2. The van der Waals surface area contributed by atoms with E-state index in [0.717, 1.165) is 28.5 Å². The fourth-order valence-electron chi connectivity index (χ4n) is 3.24. The molecule has 0 unspecified atom stereocenters. The summed E-state index contributed by atoms with van der Waals surface area (Å²) in [6.45, 7) is 3.46. The van der Waals surface area contributed by atoms with E-state index in [2.05, 4.69) is 28.7 Å². The molecule has 2 aromatic rings. The number of hydrogen-bond donors (Lipinski definition) is 3. The van der Waals surface area contributed by atoms with Crippen LogP contribution in [0.5, 0.6) is 0 Å². The molecule has 3 N–H and O–H groups in total. The van der Waals surface area contributed by atoms with Gasteiger partial charge in [0.1, 0.15) is 4.75 Å². The number of nitrogens with zero attached hydrogens (tertiary/aromatic N) is 1. The van der Waals surface area contributed by atoms with Crippen LogP contribution in [-0.2, 0) is 21.1 Å². The number of thiazole rings is 1. The Morgan fingerprint density at radius 2 is 2.16 bits per heavy atom. The first-order chi connectivity index (χ1) is 14.5. The van der Waals surface area contributed by atoms with Crippen molar-refractivity contribution < 1.29 is 23.5 Å². The van der Waals surface area contributed by atoms with Gasteiger partial charge in [-0.2, -0.15) is 0 Å². The summed E-state index contributed by atoms with van der Waals surface area (Å²) in [6, 6.07) is 5.58. The molecule has 0 saturated heterocycles. The van der Waals surface area contributed by atoms with Crippen molar-refractivity contribution in [1.29, 1.82) is 0 Å². The standard InChI is InChI=1S/C22H24N2O5S2/c1-21(13-16(21)14-25)10-5-4-6-15-7-8-17-18(12-15)30-19(23-17)9-11-22(2,20(26)24-27)31(3,28)29/h7-8,12,16,25,27H,9,11,13-14H2,1-3H3,(H,24,26)/t16-,21+,22+/m0/s1. The molecule has 0 aliphatic heterocycles. The van der Waals surface area contributed by atoms with E-state index in [9.17, 15) is 18.3 Å². The van der Waals surface area contributed by atoms with Crippen molar-refractivity contribution >= 4 is 37.3 Å². The summed E-state index contributed by atoms with van der Waals surface area (Å²) < 4.78 is 23.3. The van der Waals surface area contributed by atoms with Gasteiger partial charge in [-0.25, -0.2) is 18.9 Å². The molecular formula is C22H24N2O5S2. The van der Waals surface area contributed by atoms with E-state index in [1.54, 1.807) is 0 Å². The number of aliphatic hydroxyl groups is 1. The second kappa shape index (κ2) is 8.60. The number of rotatable bonds is 6.